The van der Waals surface area contributed by atoms with Crippen molar-refractivity contribution in [3.63, 3.8) is 0 Å². The molecule has 4 rings (SSSR count). The Morgan fingerprint density at radius 1 is 0.949 bits per heavy atom. The van der Waals surface area contributed by atoms with Gasteiger partial charge in [-0.15, -0.1) is 11.8 Å². The Labute approximate surface area is 233 Å². The lowest BCUT2D eigenvalue weighted by Gasteiger charge is -2.11. The van der Waals surface area contributed by atoms with E-state index >= 15 is 0 Å². The second-order valence-electron chi connectivity index (χ2n) is 8.16. The molecule has 0 saturated carbocycles. The predicted octanol–water partition coefficient (Wildman–Crippen LogP) is 6.38. The van der Waals surface area contributed by atoms with Crippen molar-refractivity contribution in [1.29, 1.82) is 0 Å². The molecule has 0 spiro atoms. The second kappa shape index (κ2) is 12.3. The normalized spacial score (nSPS) is 11.1. The van der Waals surface area contributed by atoms with Gasteiger partial charge in [-0.05, 0) is 59.7 Å². The van der Waals surface area contributed by atoms with Crippen LogP contribution < -0.4 is 10.0 Å². The van der Waals surface area contributed by atoms with E-state index in [9.17, 15) is 27.7 Å². The van der Waals surface area contributed by atoms with Crippen LogP contribution in [0.1, 0.15) is 10.4 Å². The van der Waals surface area contributed by atoms with Crippen LogP contribution in [0, 0.1) is 15.9 Å². The lowest BCUT2D eigenvalue weighted by Crippen LogP contribution is -2.30. The van der Waals surface area contributed by atoms with E-state index in [1.165, 1.54) is 48.2 Å². The van der Waals surface area contributed by atoms with Crippen molar-refractivity contribution in [2.45, 2.75) is 9.79 Å². The molecule has 0 unspecified atom stereocenters. The zero-order valence-electron chi connectivity index (χ0n) is 20.1. The van der Waals surface area contributed by atoms with Crippen molar-refractivity contribution >= 4 is 50.7 Å². The van der Waals surface area contributed by atoms with Gasteiger partial charge < -0.3 is 5.32 Å². The number of nitro benzene ring substituents is 1. The monoisotopic (exact) mass is 585 g/mol. The van der Waals surface area contributed by atoms with Crippen LogP contribution in [0.15, 0.2) is 101 Å². The van der Waals surface area contributed by atoms with Crippen LogP contribution in [0.2, 0.25) is 5.02 Å². The third kappa shape index (κ3) is 7.14. The molecule has 0 aliphatic rings. The third-order valence-corrected chi connectivity index (χ3v) is 8.39. The van der Waals surface area contributed by atoms with Crippen LogP contribution in [-0.2, 0) is 10.0 Å². The van der Waals surface area contributed by atoms with E-state index in [2.05, 4.69) is 5.32 Å². The molecule has 1 amide bonds. The van der Waals surface area contributed by atoms with Gasteiger partial charge in [-0.25, -0.2) is 17.5 Å². The molecule has 0 radical (unpaired) electrons. The number of nitro groups is 1. The van der Waals surface area contributed by atoms with Crippen molar-refractivity contribution in [2.24, 2.45) is 0 Å². The number of nitrogens with zero attached hydrogens (tertiary/aromatic N) is 1. The summed E-state index contributed by atoms with van der Waals surface area (Å²) in [5.41, 5.74) is 1.18. The topological polar surface area (TPSA) is 118 Å². The minimum absolute atomic E-state index is 0.0632. The highest BCUT2D eigenvalue weighted by atomic mass is 35.5. The minimum atomic E-state index is -4.41. The maximum Gasteiger partial charge on any atom is 0.293 e. The highest BCUT2D eigenvalue weighted by Crippen LogP contribution is 2.29. The third-order valence-electron chi connectivity index (χ3n) is 5.54. The zero-order chi connectivity index (χ0) is 28.0. The molecule has 0 aliphatic heterocycles. The number of thioether (sulfide) groups is 1. The number of sulfonamides is 1. The summed E-state index contributed by atoms with van der Waals surface area (Å²) in [6.45, 7) is 0.355. The Bertz CT molecular complexity index is 1620. The number of carbonyl (C=O) groups excluding carboxylic acids is 1. The fraction of sp³-hybridized carbons (Fsp3) is 0.0741. The Kier molecular flexibility index (Phi) is 8.85. The number of rotatable bonds is 10. The zero-order valence-corrected chi connectivity index (χ0v) is 22.5. The number of benzene rings is 4. The van der Waals surface area contributed by atoms with Crippen molar-refractivity contribution in [3.8, 4) is 11.1 Å². The van der Waals surface area contributed by atoms with Gasteiger partial charge in [-0.1, -0.05) is 48.0 Å². The number of nitrogens with one attached hydrogen (secondary N) is 2. The molecule has 39 heavy (non-hydrogen) atoms. The number of amides is 1. The molecule has 0 aromatic heterocycles. The lowest BCUT2D eigenvalue weighted by atomic mass is 10.0. The first-order valence-corrected chi connectivity index (χ1v) is 14.3. The highest BCUT2D eigenvalue weighted by Gasteiger charge is 2.24. The van der Waals surface area contributed by atoms with Crippen LogP contribution in [-0.4, -0.2) is 31.5 Å². The van der Waals surface area contributed by atoms with E-state index in [-0.39, 0.29) is 17.1 Å². The molecule has 0 saturated heterocycles. The predicted molar refractivity (Wildman–Crippen MR) is 150 cm³/mol. The van der Waals surface area contributed by atoms with Gasteiger partial charge in [0.1, 0.15) is 11.5 Å². The molecule has 2 N–H and O–H groups in total. The van der Waals surface area contributed by atoms with Crippen molar-refractivity contribution in [2.75, 3.05) is 17.6 Å². The van der Waals surface area contributed by atoms with Gasteiger partial charge in [0, 0.05) is 28.8 Å². The molecule has 4 aromatic carbocycles. The summed E-state index contributed by atoms with van der Waals surface area (Å²) >= 11 is 7.60. The van der Waals surface area contributed by atoms with Gasteiger partial charge >= 0.3 is 0 Å². The molecule has 8 nitrogen and oxygen atoms in total. The molecular formula is C27H21ClFN3O5S2. The summed E-state index contributed by atoms with van der Waals surface area (Å²) in [6.07, 6.45) is 0. The summed E-state index contributed by atoms with van der Waals surface area (Å²) < 4.78 is 40.8. The smallest absolute Gasteiger partial charge is 0.293 e. The molecular weight excluding hydrogens is 565 g/mol. The number of anilines is 1. The van der Waals surface area contributed by atoms with E-state index in [0.717, 1.165) is 16.5 Å². The van der Waals surface area contributed by atoms with Gasteiger partial charge in [-0.3, -0.25) is 14.9 Å². The van der Waals surface area contributed by atoms with Crippen LogP contribution >= 0.6 is 23.4 Å². The Hall–Kier alpha value is -3.93. The Morgan fingerprint density at radius 2 is 1.59 bits per heavy atom. The summed E-state index contributed by atoms with van der Waals surface area (Å²) in [6, 6.07) is 22.5. The highest BCUT2D eigenvalue weighted by molar-refractivity contribution is 7.99. The molecule has 12 heteroatoms. The van der Waals surface area contributed by atoms with Gasteiger partial charge in [0.15, 0.2) is 0 Å². The summed E-state index contributed by atoms with van der Waals surface area (Å²) in [4.78, 5) is 24.0. The average molecular weight is 586 g/mol. The van der Waals surface area contributed by atoms with Gasteiger partial charge in [-0.2, -0.15) is 0 Å². The first kappa shape index (κ1) is 28.1. The van der Waals surface area contributed by atoms with Gasteiger partial charge in [0.25, 0.3) is 21.6 Å². The number of carbonyl (C=O) groups is 1. The van der Waals surface area contributed by atoms with E-state index in [1.54, 1.807) is 30.3 Å². The van der Waals surface area contributed by atoms with Crippen molar-refractivity contribution < 1.29 is 22.5 Å². The molecule has 0 heterocycles. The molecule has 200 valence electrons. The van der Waals surface area contributed by atoms with E-state index in [1.807, 2.05) is 22.9 Å². The summed E-state index contributed by atoms with van der Waals surface area (Å²) in [5.74, 6) is -0.727. The lowest BCUT2D eigenvalue weighted by molar-refractivity contribution is -0.384. The molecule has 0 bridgehead atoms. The summed E-state index contributed by atoms with van der Waals surface area (Å²) in [7, 11) is -4.41. The SMILES string of the molecule is O=C(NS(=O)(=O)c1ccc(NCCSc2ccccc2Cl)c([N+](=O)[O-])c1)c1ccc(-c2ccc(F)cc2)cc1. The summed E-state index contributed by atoms with van der Waals surface area (Å²) in [5, 5.41) is 15.2. The quantitative estimate of drug-likeness (QED) is 0.0959. The standard InChI is InChI=1S/C27H21ClFN3O5S2/c28-23-3-1-2-4-26(23)38-16-15-30-24-14-13-22(17-25(24)32(34)35)39(36,37)31-27(33)20-7-5-18(6-8-20)19-9-11-21(29)12-10-19/h1-14,17,30H,15-16H2,(H,31,33). The Morgan fingerprint density at radius 3 is 2.23 bits per heavy atom. The van der Waals surface area contributed by atoms with Crippen LogP contribution in [0.4, 0.5) is 15.8 Å². The Balaban J connectivity index is 1.43. The fourth-order valence-corrected chi connectivity index (χ4v) is 5.68. The van der Waals surface area contributed by atoms with Crippen molar-refractivity contribution in [3.05, 3.63) is 118 Å². The number of halogens is 2. The average Bonchev–Trinajstić information content (AvgIpc) is 2.92. The van der Waals surface area contributed by atoms with E-state index in [0.29, 0.717) is 22.9 Å². The first-order chi connectivity index (χ1) is 18.6. The van der Waals surface area contributed by atoms with Crippen LogP contribution in [0.5, 0.6) is 0 Å². The van der Waals surface area contributed by atoms with Crippen LogP contribution in [0.25, 0.3) is 11.1 Å². The van der Waals surface area contributed by atoms with Gasteiger partial charge in [0.2, 0.25) is 0 Å². The van der Waals surface area contributed by atoms with Crippen LogP contribution in [0.3, 0.4) is 0 Å². The second-order valence-corrected chi connectivity index (χ2v) is 11.4. The number of hydrogen-bond donors (Lipinski definition) is 2. The van der Waals surface area contributed by atoms with Gasteiger partial charge in [0.05, 0.1) is 14.8 Å². The minimum Gasteiger partial charge on any atom is -0.379 e. The molecule has 4 aromatic rings. The first-order valence-electron chi connectivity index (χ1n) is 11.5. The largest absolute Gasteiger partial charge is 0.379 e. The molecule has 0 fully saturated rings. The van der Waals surface area contributed by atoms with Crippen molar-refractivity contribution in [1.82, 2.24) is 4.72 Å². The number of hydrogen-bond acceptors (Lipinski definition) is 7. The molecule has 0 aliphatic carbocycles. The molecule has 0 atom stereocenters. The van der Waals surface area contributed by atoms with E-state index in [4.69, 9.17) is 11.6 Å². The fourth-order valence-electron chi connectivity index (χ4n) is 3.58. The maximum absolute atomic E-state index is 13.1. The van der Waals surface area contributed by atoms with E-state index < -0.39 is 31.4 Å². The maximum atomic E-state index is 13.1.